The first kappa shape index (κ1) is 94.6. The van der Waals surface area contributed by atoms with Gasteiger partial charge < -0.3 is 58.6 Å². The molecule has 0 saturated carbocycles. The summed E-state index contributed by atoms with van der Waals surface area (Å²) in [6.07, 6.45) is -3.63. The Morgan fingerprint density at radius 2 is 0.287 bits per heavy atom. The molecule has 0 atom stereocenters. The largest absolute Gasteiger partial charge is 0.460 e. The molecule has 3 amide bonds. The number of rotatable bonds is 39. The van der Waals surface area contributed by atoms with Crippen molar-refractivity contribution in [2.45, 2.75) is 415 Å². The molecule has 584 valence electrons. The van der Waals surface area contributed by atoms with Gasteiger partial charge in [0, 0.05) is 93.7 Å². The molecule has 24 heteroatoms. The summed E-state index contributed by atoms with van der Waals surface area (Å²) in [5.74, 6) is -7.07. The summed E-state index contributed by atoms with van der Waals surface area (Å²) in [5, 5.41) is 9.37. The lowest BCUT2D eigenvalue weighted by atomic mass is 9.76. The van der Waals surface area contributed by atoms with Crippen molar-refractivity contribution in [3.63, 3.8) is 0 Å². The van der Waals surface area contributed by atoms with Crippen LogP contribution in [0.15, 0.2) is 0 Å². The number of hydrogen-bond donors (Lipinski definition) is 3. The van der Waals surface area contributed by atoms with Crippen LogP contribution in [0.2, 0.25) is 0 Å². The summed E-state index contributed by atoms with van der Waals surface area (Å²) in [6.45, 7) is 47.9. The number of carbonyl (C=O) groups excluding carboxylic acids is 12. The smallest absolute Gasteiger partial charge is 0.306 e. The highest BCUT2D eigenvalue weighted by molar-refractivity contribution is 5.81. The van der Waals surface area contributed by atoms with Gasteiger partial charge in [-0.15, -0.1) is 0 Å². The third kappa shape index (κ3) is 49.8. The van der Waals surface area contributed by atoms with Gasteiger partial charge >= 0.3 is 53.7 Å². The van der Waals surface area contributed by atoms with E-state index in [-0.39, 0.29) is 154 Å². The van der Waals surface area contributed by atoms with Crippen LogP contribution in [0.25, 0.3) is 0 Å². The van der Waals surface area contributed by atoms with Crippen molar-refractivity contribution in [1.29, 1.82) is 0 Å². The minimum Gasteiger partial charge on any atom is -0.460 e. The van der Waals surface area contributed by atoms with E-state index in [0.717, 1.165) is 0 Å². The Morgan fingerprint density at radius 1 is 0.178 bits per heavy atom. The second-order valence-corrected chi connectivity index (χ2v) is 36.6. The lowest BCUT2D eigenvalue weighted by Crippen LogP contribution is -2.51. The third-order valence-electron chi connectivity index (χ3n) is 15.1. The Bertz CT molecular complexity index is 2230. The molecule has 0 aliphatic heterocycles. The average molecular weight is 1440 g/mol. The number of hydrogen-bond acceptors (Lipinski definition) is 21. The van der Waals surface area contributed by atoms with E-state index in [1.807, 2.05) is 0 Å². The molecular formula is C77H135N3O21. The van der Waals surface area contributed by atoms with Crippen molar-refractivity contribution < 1.29 is 100 Å². The Labute approximate surface area is 605 Å². The van der Waals surface area contributed by atoms with E-state index in [2.05, 4.69) is 16.0 Å². The summed E-state index contributed by atoms with van der Waals surface area (Å²) in [5.41, 5.74) is -13.3. The van der Waals surface area contributed by atoms with Crippen LogP contribution in [-0.2, 0) is 100 Å². The molecule has 0 spiro atoms. The number of nitrogens with one attached hydrogen (secondary N) is 3. The Kier molecular flexibility index (Phi) is 36.5. The van der Waals surface area contributed by atoms with Gasteiger partial charge in [0.1, 0.15) is 50.4 Å². The molecule has 0 aromatic rings. The van der Waals surface area contributed by atoms with Crippen LogP contribution in [0.5, 0.6) is 0 Å². The lowest BCUT2D eigenvalue weighted by molar-refractivity contribution is -0.158. The SMILES string of the molecule is CC(CCC(=O)NC(CCC(=O)OC(C)(C)C)(CCC(=O)OC(C)(C)C)CCC(=O)OC(C)(C)C)(CCC(=O)NC(CCC(=O)OC(C)(C)C)(CCC(=O)OC(C)(C)C)CCC(=O)OC(C)(C)C)CCC(=O)NC(CCC(=O)OC(C)(C)C)(CCC(=O)OC(C)(C)C)CCC(=O)OC(C)(C)C. The molecule has 0 bridgehead atoms. The summed E-state index contributed by atoms with van der Waals surface area (Å²) < 4.78 is 51.2. The predicted octanol–water partition coefficient (Wildman–Crippen LogP) is 14.0. The fourth-order valence-corrected chi connectivity index (χ4v) is 11.0. The van der Waals surface area contributed by atoms with Crippen molar-refractivity contribution in [1.82, 2.24) is 16.0 Å². The van der Waals surface area contributed by atoms with Crippen LogP contribution < -0.4 is 16.0 Å². The zero-order chi connectivity index (χ0) is 78.9. The molecule has 0 fully saturated rings. The molecule has 0 heterocycles. The first-order chi connectivity index (χ1) is 45.2. The topological polar surface area (TPSA) is 324 Å². The quantitative estimate of drug-likeness (QED) is 0.0380. The van der Waals surface area contributed by atoms with Crippen LogP contribution in [-0.4, -0.2) is 138 Å². The van der Waals surface area contributed by atoms with Gasteiger partial charge in [0.15, 0.2) is 0 Å². The molecule has 0 aromatic carbocycles. The summed E-state index contributed by atoms with van der Waals surface area (Å²) >= 11 is 0. The maximum absolute atomic E-state index is 15.0. The molecule has 101 heavy (non-hydrogen) atoms. The van der Waals surface area contributed by atoms with E-state index < -0.39 is 144 Å². The first-order valence-corrected chi connectivity index (χ1v) is 36.1. The van der Waals surface area contributed by atoms with Crippen LogP contribution in [0.4, 0.5) is 0 Å². The van der Waals surface area contributed by atoms with Crippen molar-refractivity contribution in [3.8, 4) is 0 Å². The third-order valence-corrected chi connectivity index (χ3v) is 15.1. The molecule has 24 nitrogen and oxygen atoms in total. The van der Waals surface area contributed by atoms with Gasteiger partial charge in [0.05, 0.1) is 0 Å². The van der Waals surface area contributed by atoms with Gasteiger partial charge in [-0.05, 0) is 269 Å². The molecular weight excluding hydrogens is 1300 g/mol. The highest BCUT2D eigenvalue weighted by atomic mass is 16.6. The molecule has 0 aliphatic rings. The van der Waals surface area contributed by atoms with Crippen molar-refractivity contribution in [2.24, 2.45) is 5.41 Å². The zero-order valence-electron chi connectivity index (χ0n) is 67.5. The van der Waals surface area contributed by atoms with Gasteiger partial charge in [0.2, 0.25) is 17.7 Å². The minimum atomic E-state index is -1.42. The highest BCUT2D eigenvalue weighted by Crippen LogP contribution is 2.38. The van der Waals surface area contributed by atoms with E-state index in [0.29, 0.717) is 0 Å². The van der Waals surface area contributed by atoms with Crippen LogP contribution in [0, 0.1) is 5.41 Å². The lowest BCUT2D eigenvalue weighted by Gasteiger charge is -2.38. The van der Waals surface area contributed by atoms with Gasteiger partial charge in [-0.2, -0.15) is 0 Å². The normalized spacial score (nSPS) is 13.2. The number of amides is 3. The van der Waals surface area contributed by atoms with Crippen LogP contribution in [0.3, 0.4) is 0 Å². The monoisotopic (exact) mass is 1440 g/mol. The van der Waals surface area contributed by atoms with E-state index in [1.54, 1.807) is 194 Å². The van der Waals surface area contributed by atoms with Gasteiger partial charge in [0.25, 0.3) is 0 Å². The molecule has 0 aromatic heterocycles. The average Bonchev–Trinajstić information content (AvgIpc) is 0.842. The van der Waals surface area contributed by atoms with Gasteiger partial charge in [-0.1, -0.05) is 6.92 Å². The van der Waals surface area contributed by atoms with Crippen LogP contribution in [0.1, 0.15) is 348 Å². The second-order valence-electron chi connectivity index (χ2n) is 36.6. The molecule has 0 saturated heterocycles. The fraction of sp³-hybridized carbons (Fsp3) is 0.844. The Balaban J connectivity index is 8.47. The molecule has 0 unspecified atom stereocenters. The maximum atomic E-state index is 15.0. The number of ether oxygens (including phenoxy) is 9. The molecule has 3 N–H and O–H groups in total. The van der Waals surface area contributed by atoms with E-state index >= 15 is 14.4 Å². The van der Waals surface area contributed by atoms with E-state index in [9.17, 15) is 43.2 Å². The van der Waals surface area contributed by atoms with Crippen LogP contribution >= 0.6 is 0 Å². The zero-order valence-corrected chi connectivity index (χ0v) is 67.5. The minimum absolute atomic E-state index is 0.0121. The Hall–Kier alpha value is -6.36. The highest BCUT2D eigenvalue weighted by Gasteiger charge is 2.41. The summed E-state index contributed by atoms with van der Waals surface area (Å²) in [7, 11) is 0. The fourth-order valence-electron chi connectivity index (χ4n) is 11.0. The molecule has 0 rings (SSSR count). The second kappa shape index (κ2) is 39.0. The van der Waals surface area contributed by atoms with Gasteiger partial charge in [-0.3, -0.25) is 57.5 Å². The first-order valence-electron chi connectivity index (χ1n) is 36.1. The van der Waals surface area contributed by atoms with E-state index in [4.69, 9.17) is 42.6 Å². The van der Waals surface area contributed by atoms with E-state index in [1.165, 1.54) is 0 Å². The maximum Gasteiger partial charge on any atom is 0.306 e. The molecule has 0 radical (unpaired) electrons. The summed E-state index contributed by atoms with van der Waals surface area (Å²) in [4.78, 5) is 167. The van der Waals surface area contributed by atoms with Crippen molar-refractivity contribution in [3.05, 3.63) is 0 Å². The predicted molar refractivity (Wildman–Crippen MR) is 384 cm³/mol. The molecule has 0 aliphatic carbocycles. The van der Waals surface area contributed by atoms with Crippen molar-refractivity contribution >= 4 is 71.4 Å². The Morgan fingerprint density at radius 3 is 0.386 bits per heavy atom. The van der Waals surface area contributed by atoms with Gasteiger partial charge in [-0.25, -0.2) is 0 Å². The number of esters is 9. The summed E-state index contributed by atoms with van der Waals surface area (Å²) in [6, 6.07) is 0. The standard InChI is InChI=1S/C77H135N3O21/c1-65(2,3)93-56(84)32-44-75(45-33-57(85)94-66(4,5)6,46-34-58(86)95-67(7,8)9)78-53(81)29-41-74(28,42-30-54(82)79-76(47-35-59(87)96-68(10,11)12,48-36-60(88)97-69(13,14)15)49-37-61(89)98-70(16,17)18)43-31-55(83)80-77(50-38-62(90)99-71(19,20)21,51-39-63(91)100-72(22,23)24)52-40-64(92)101-73(25,26)27/h29-52H2,1-28H3,(H,78,81)(H,79,82)(H,80,83). The number of carbonyl (C=O) groups is 12. The van der Waals surface area contributed by atoms with Crippen molar-refractivity contribution in [2.75, 3.05) is 0 Å².